The largest absolute Gasteiger partial charge is 0.395 e. The fourth-order valence-electron chi connectivity index (χ4n) is 4.40. The molecular weight excluding hydrogens is 482 g/mol. The van der Waals surface area contributed by atoms with Crippen LogP contribution in [0, 0.1) is 11.3 Å². The van der Waals surface area contributed by atoms with E-state index in [4.69, 9.17) is 11.6 Å². The Bertz CT molecular complexity index is 1580. The second-order valence-corrected chi connectivity index (χ2v) is 10.5. The van der Waals surface area contributed by atoms with Gasteiger partial charge < -0.3 is 9.67 Å². The van der Waals surface area contributed by atoms with E-state index in [1.165, 1.54) is 34.7 Å². The molecule has 5 rings (SSSR count). The van der Waals surface area contributed by atoms with Crippen molar-refractivity contribution in [2.45, 2.75) is 17.0 Å². The average Bonchev–Trinajstić information content (AvgIpc) is 3.42. The zero-order chi connectivity index (χ0) is 23.4. The van der Waals surface area contributed by atoms with Gasteiger partial charge in [-0.05, 0) is 12.1 Å². The number of hydrogen-bond acceptors (Lipinski definition) is 7. The number of thioether (sulfide) groups is 1. The number of hydrogen-bond donors (Lipinski definition) is 1. The lowest BCUT2D eigenvalue weighted by Gasteiger charge is -2.30. The molecule has 0 bridgehead atoms. The average molecular weight is 500 g/mol. The van der Waals surface area contributed by atoms with Crippen LogP contribution in [-0.2, 0) is 20.6 Å². The Labute approximate surface area is 201 Å². The van der Waals surface area contributed by atoms with E-state index in [1.807, 2.05) is 10.6 Å². The molecule has 2 atom stereocenters. The molecule has 1 aliphatic rings. The number of benzene rings is 1. The number of fused-ring (bicyclic) bond motifs is 3. The molecule has 0 fully saturated rings. The first-order valence-electron chi connectivity index (χ1n) is 10.1. The standard InChI is InChI=1S/C22H18ClN5O3S2/c1-26-17-15(21(30)27(2)22(26)31)16(12-5-3-4-11(6-12)7-24)28-8-13(9-29)33-19(18(17)28)20-25-14(23)10-32-20/h3-6,10,13,19,29H,8-9H2,1-2H3/t13-,19-/m0/s1. The van der Waals surface area contributed by atoms with E-state index in [0.717, 1.165) is 15.3 Å². The fourth-order valence-corrected chi connectivity index (χ4v) is 6.91. The molecule has 1 N–H and O–H groups in total. The van der Waals surface area contributed by atoms with Crippen molar-refractivity contribution >= 4 is 45.6 Å². The van der Waals surface area contributed by atoms with Gasteiger partial charge in [0.05, 0.1) is 45.8 Å². The van der Waals surface area contributed by atoms with Gasteiger partial charge in [0.1, 0.15) is 10.2 Å². The van der Waals surface area contributed by atoms with Crippen LogP contribution in [0.1, 0.15) is 21.5 Å². The van der Waals surface area contributed by atoms with Gasteiger partial charge in [0, 0.05) is 36.8 Å². The number of nitriles is 1. The van der Waals surface area contributed by atoms with E-state index in [0.29, 0.717) is 39.4 Å². The Balaban J connectivity index is 1.97. The van der Waals surface area contributed by atoms with Crippen LogP contribution in [0.4, 0.5) is 0 Å². The van der Waals surface area contributed by atoms with E-state index < -0.39 is 11.2 Å². The lowest BCUT2D eigenvalue weighted by molar-refractivity contribution is 0.284. The van der Waals surface area contributed by atoms with E-state index >= 15 is 0 Å². The van der Waals surface area contributed by atoms with Crippen LogP contribution in [0.3, 0.4) is 0 Å². The highest BCUT2D eigenvalue weighted by Gasteiger charge is 2.37. The molecule has 3 aromatic heterocycles. The van der Waals surface area contributed by atoms with Crippen LogP contribution in [0.25, 0.3) is 22.2 Å². The molecular formula is C22H18ClN5O3S2. The lowest BCUT2D eigenvalue weighted by Crippen LogP contribution is -2.37. The number of aryl methyl sites for hydroxylation is 1. The van der Waals surface area contributed by atoms with Crippen molar-refractivity contribution in [2.24, 2.45) is 14.1 Å². The summed E-state index contributed by atoms with van der Waals surface area (Å²) in [7, 11) is 3.11. The van der Waals surface area contributed by atoms with Gasteiger partial charge in [0.2, 0.25) is 0 Å². The summed E-state index contributed by atoms with van der Waals surface area (Å²) in [4.78, 5) is 30.8. The number of aliphatic hydroxyl groups excluding tert-OH is 1. The van der Waals surface area contributed by atoms with Crippen LogP contribution in [-0.4, -0.2) is 35.6 Å². The molecule has 0 aliphatic carbocycles. The minimum absolute atomic E-state index is 0.0666. The minimum atomic E-state index is -0.427. The molecule has 0 saturated carbocycles. The summed E-state index contributed by atoms with van der Waals surface area (Å²) in [5, 5.41) is 22.3. The maximum absolute atomic E-state index is 13.4. The van der Waals surface area contributed by atoms with Gasteiger partial charge in [-0.2, -0.15) is 5.26 Å². The van der Waals surface area contributed by atoms with Gasteiger partial charge in [-0.25, -0.2) is 9.78 Å². The van der Waals surface area contributed by atoms with Crippen LogP contribution in [0.15, 0.2) is 39.2 Å². The van der Waals surface area contributed by atoms with Crippen molar-refractivity contribution in [3.8, 4) is 17.3 Å². The second-order valence-electron chi connectivity index (χ2n) is 7.80. The van der Waals surface area contributed by atoms with Crippen molar-refractivity contribution in [1.82, 2.24) is 18.7 Å². The van der Waals surface area contributed by atoms with E-state index in [-0.39, 0.29) is 17.1 Å². The van der Waals surface area contributed by atoms with Crippen molar-refractivity contribution in [2.75, 3.05) is 6.61 Å². The van der Waals surface area contributed by atoms with E-state index in [9.17, 15) is 20.0 Å². The van der Waals surface area contributed by atoms with Gasteiger partial charge in [-0.1, -0.05) is 23.7 Å². The minimum Gasteiger partial charge on any atom is -0.395 e. The number of aromatic nitrogens is 4. The summed E-state index contributed by atoms with van der Waals surface area (Å²) < 4.78 is 4.58. The van der Waals surface area contributed by atoms with Crippen LogP contribution in [0.5, 0.6) is 0 Å². The first-order valence-corrected chi connectivity index (χ1v) is 12.3. The smallest absolute Gasteiger partial charge is 0.331 e. The number of nitrogens with zero attached hydrogens (tertiary/aromatic N) is 5. The molecule has 0 unspecified atom stereocenters. The molecule has 0 radical (unpaired) electrons. The van der Waals surface area contributed by atoms with Crippen LogP contribution >= 0.6 is 34.7 Å². The highest BCUT2D eigenvalue weighted by atomic mass is 35.5. The van der Waals surface area contributed by atoms with E-state index in [1.54, 1.807) is 30.6 Å². The highest BCUT2D eigenvalue weighted by Crippen LogP contribution is 2.49. The second kappa shape index (κ2) is 8.18. The number of halogens is 1. The molecule has 168 valence electrons. The predicted molar refractivity (Wildman–Crippen MR) is 130 cm³/mol. The van der Waals surface area contributed by atoms with Gasteiger partial charge in [-0.15, -0.1) is 23.1 Å². The summed E-state index contributed by atoms with van der Waals surface area (Å²) in [6.45, 7) is 0.368. The lowest BCUT2D eigenvalue weighted by atomic mass is 10.1. The fraction of sp³-hybridized carbons (Fsp3) is 0.273. The van der Waals surface area contributed by atoms with Crippen molar-refractivity contribution in [1.29, 1.82) is 5.26 Å². The maximum Gasteiger partial charge on any atom is 0.331 e. The molecule has 11 heteroatoms. The third-order valence-corrected chi connectivity index (χ3v) is 8.64. The summed E-state index contributed by atoms with van der Waals surface area (Å²) in [5.74, 6) is 0. The zero-order valence-electron chi connectivity index (χ0n) is 17.6. The third-order valence-electron chi connectivity index (χ3n) is 5.85. The Morgan fingerprint density at radius 3 is 2.76 bits per heavy atom. The van der Waals surface area contributed by atoms with Gasteiger partial charge in [0.25, 0.3) is 5.56 Å². The van der Waals surface area contributed by atoms with Gasteiger partial charge in [0.15, 0.2) is 0 Å². The summed E-state index contributed by atoms with van der Waals surface area (Å²) in [5.41, 5.74) is 2.24. The normalized spacial score (nSPS) is 17.8. The predicted octanol–water partition coefficient (Wildman–Crippen LogP) is 2.88. The molecule has 8 nitrogen and oxygen atoms in total. The molecule has 0 saturated heterocycles. The Hall–Kier alpha value is -2.84. The van der Waals surface area contributed by atoms with Crippen molar-refractivity contribution in [3.05, 3.63) is 71.9 Å². The Morgan fingerprint density at radius 2 is 2.09 bits per heavy atom. The summed E-state index contributed by atoms with van der Waals surface area (Å²) in [6, 6.07) is 9.20. The first kappa shape index (κ1) is 22.0. The quantitative estimate of drug-likeness (QED) is 0.464. The molecule has 1 aromatic carbocycles. The Morgan fingerprint density at radius 1 is 1.30 bits per heavy atom. The maximum atomic E-state index is 13.4. The van der Waals surface area contributed by atoms with Crippen LogP contribution in [0.2, 0.25) is 5.15 Å². The first-order chi connectivity index (χ1) is 15.8. The number of rotatable bonds is 3. The van der Waals surface area contributed by atoms with Crippen molar-refractivity contribution < 1.29 is 5.11 Å². The molecule has 0 amide bonds. The van der Waals surface area contributed by atoms with Crippen molar-refractivity contribution in [3.63, 3.8) is 0 Å². The number of thiazole rings is 1. The number of aliphatic hydroxyl groups is 1. The third kappa shape index (κ3) is 3.35. The Kier molecular flexibility index (Phi) is 5.45. The van der Waals surface area contributed by atoms with Crippen LogP contribution < -0.4 is 11.2 Å². The molecule has 0 spiro atoms. The van der Waals surface area contributed by atoms with E-state index in [2.05, 4.69) is 11.1 Å². The van der Waals surface area contributed by atoms with Gasteiger partial charge >= 0.3 is 5.69 Å². The topological polar surface area (TPSA) is 106 Å². The SMILES string of the molecule is Cn1c(=O)c2c(-c3cccc(C#N)c3)n3c(c2n(C)c1=O)[C@@H](c1nc(Cl)cs1)S[C@H](CO)C3. The van der Waals surface area contributed by atoms with Gasteiger partial charge in [-0.3, -0.25) is 13.9 Å². The molecule has 4 heterocycles. The summed E-state index contributed by atoms with van der Waals surface area (Å²) in [6.07, 6.45) is 0. The molecule has 1 aliphatic heterocycles. The monoisotopic (exact) mass is 499 g/mol. The summed E-state index contributed by atoms with van der Waals surface area (Å²) >= 11 is 9.06. The molecule has 4 aromatic rings. The molecule has 33 heavy (non-hydrogen) atoms. The highest BCUT2D eigenvalue weighted by molar-refractivity contribution is 8.00. The zero-order valence-corrected chi connectivity index (χ0v) is 20.0.